The Labute approximate surface area is 228 Å². The van der Waals surface area contributed by atoms with Gasteiger partial charge in [0.1, 0.15) is 11.3 Å². The number of halogens is 5. The lowest BCUT2D eigenvalue weighted by Crippen LogP contribution is -2.55. The molecular formula is C29H28ClF4N3O2. The fraction of sp³-hybridized carbons (Fsp3) is 0.379. The highest BCUT2D eigenvalue weighted by Crippen LogP contribution is 2.44. The number of urea groups is 1. The van der Waals surface area contributed by atoms with Crippen LogP contribution in [0.3, 0.4) is 0 Å². The number of rotatable bonds is 9. The van der Waals surface area contributed by atoms with Gasteiger partial charge in [-0.15, -0.1) is 0 Å². The van der Waals surface area contributed by atoms with Gasteiger partial charge in [0.25, 0.3) is 0 Å². The summed E-state index contributed by atoms with van der Waals surface area (Å²) in [6.07, 6.45) is -2.84. The van der Waals surface area contributed by atoms with E-state index in [0.29, 0.717) is 28.1 Å². The van der Waals surface area contributed by atoms with Gasteiger partial charge in [-0.1, -0.05) is 60.5 Å². The highest BCUT2D eigenvalue weighted by Gasteiger charge is 2.45. The van der Waals surface area contributed by atoms with Gasteiger partial charge in [-0.05, 0) is 66.5 Å². The number of alkyl halides is 4. The Balaban J connectivity index is 1.57. The van der Waals surface area contributed by atoms with Crippen LogP contribution >= 0.6 is 11.6 Å². The van der Waals surface area contributed by atoms with Gasteiger partial charge in [0, 0.05) is 18.7 Å². The van der Waals surface area contributed by atoms with Crippen molar-refractivity contribution in [3.63, 3.8) is 0 Å². The molecule has 0 radical (unpaired) electrons. The molecule has 1 aromatic heterocycles. The second kappa shape index (κ2) is 11.0. The van der Waals surface area contributed by atoms with E-state index in [2.05, 4.69) is 20.4 Å². The van der Waals surface area contributed by atoms with Crippen molar-refractivity contribution in [2.24, 2.45) is 11.8 Å². The third-order valence-corrected chi connectivity index (χ3v) is 7.92. The van der Waals surface area contributed by atoms with E-state index in [-0.39, 0.29) is 12.5 Å². The highest BCUT2D eigenvalue weighted by atomic mass is 35.5. The first-order valence-electron chi connectivity index (χ1n) is 12.8. The minimum atomic E-state index is -4.69. The molecule has 2 amide bonds. The minimum Gasteiger partial charge on any atom is -0.428 e. The van der Waals surface area contributed by atoms with E-state index >= 15 is 0 Å². The summed E-state index contributed by atoms with van der Waals surface area (Å²) in [5, 5.41) is 6.57. The molecule has 0 unspecified atom stereocenters. The van der Waals surface area contributed by atoms with Crippen LogP contribution in [0.25, 0.3) is 0 Å². The Morgan fingerprint density at radius 2 is 1.85 bits per heavy atom. The molecule has 5 rings (SSSR count). The van der Waals surface area contributed by atoms with Gasteiger partial charge in [-0.3, -0.25) is 4.98 Å². The van der Waals surface area contributed by atoms with Crippen molar-refractivity contribution in [3.8, 4) is 5.75 Å². The molecule has 2 fully saturated rings. The smallest absolute Gasteiger partial charge is 0.428 e. The minimum absolute atomic E-state index is 0.0377. The van der Waals surface area contributed by atoms with E-state index in [4.69, 9.17) is 11.6 Å². The van der Waals surface area contributed by atoms with Gasteiger partial charge in [0.15, 0.2) is 0 Å². The number of carbonyl (C=O) groups is 1. The number of amides is 2. The summed E-state index contributed by atoms with van der Waals surface area (Å²) in [7, 11) is 0. The SMILES string of the molecule is O=C(N[C@@H]1C[C@H]2CC[C@@H]1C2)N[C@@](Cc1ccccc1)(c1cccc(OC(F)(F)C(F)F)c1)c1ccc(Cl)cn1. The Morgan fingerprint density at radius 3 is 2.49 bits per heavy atom. The first-order chi connectivity index (χ1) is 18.6. The molecule has 39 heavy (non-hydrogen) atoms. The third kappa shape index (κ3) is 5.98. The normalized spacial score (nSPS) is 21.9. The summed E-state index contributed by atoms with van der Waals surface area (Å²) in [5.74, 6) is 0.559. The molecular weight excluding hydrogens is 534 g/mol. The molecule has 0 saturated heterocycles. The molecule has 3 aromatic rings. The third-order valence-electron chi connectivity index (χ3n) is 7.69. The van der Waals surface area contributed by atoms with Crippen molar-refractivity contribution in [1.82, 2.24) is 15.6 Å². The van der Waals surface area contributed by atoms with E-state index in [1.54, 1.807) is 18.2 Å². The molecule has 206 valence electrons. The van der Waals surface area contributed by atoms with Crippen LogP contribution in [-0.2, 0) is 12.0 Å². The van der Waals surface area contributed by atoms with Crippen LogP contribution in [-0.4, -0.2) is 29.6 Å². The van der Waals surface area contributed by atoms with Crippen LogP contribution < -0.4 is 15.4 Å². The zero-order valence-corrected chi connectivity index (χ0v) is 21.7. The highest BCUT2D eigenvalue weighted by molar-refractivity contribution is 6.30. The van der Waals surface area contributed by atoms with Crippen molar-refractivity contribution in [2.75, 3.05) is 0 Å². The lowest BCUT2D eigenvalue weighted by atomic mass is 9.80. The second-order valence-corrected chi connectivity index (χ2v) is 10.7. The molecule has 2 bridgehead atoms. The van der Waals surface area contributed by atoms with E-state index in [9.17, 15) is 22.4 Å². The zero-order chi connectivity index (χ0) is 27.6. The first kappa shape index (κ1) is 27.2. The lowest BCUT2D eigenvalue weighted by molar-refractivity contribution is -0.253. The first-order valence-corrected chi connectivity index (χ1v) is 13.2. The number of pyridine rings is 1. The summed E-state index contributed by atoms with van der Waals surface area (Å²) in [5.41, 5.74) is 0.148. The summed E-state index contributed by atoms with van der Waals surface area (Å²) in [6.45, 7) is 0. The molecule has 4 atom stereocenters. The predicted molar refractivity (Wildman–Crippen MR) is 139 cm³/mol. The molecule has 0 aliphatic heterocycles. The maximum absolute atomic E-state index is 13.8. The molecule has 2 aromatic carbocycles. The van der Waals surface area contributed by atoms with E-state index in [1.165, 1.54) is 24.8 Å². The number of nitrogens with one attached hydrogen (secondary N) is 2. The molecule has 1 heterocycles. The van der Waals surface area contributed by atoms with Gasteiger partial charge in [0.2, 0.25) is 0 Å². The number of benzene rings is 2. The number of nitrogens with zero attached hydrogens (tertiary/aromatic N) is 1. The molecule has 5 nitrogen and oxygen atoms in total. The maximum atomic E-state index is 13.8. The molecule has 2 aliphatic carbocycles. The van der Waals surface area contributed by atoms with Crippen molar-refractivity contribution < 1.29 is 27.1 Å². The van der Waals surface area contributed by atoms with Crippen LogP contribution in [0.15, 0.2) is 72.9 Å². The number of carbonyl (C=O) groups excluding carboxylic acids is 1. The summed E-state index contributed by atoms with van der Waals surface area (Å²) in [6, 6.07) is 17.5. The standard InChI is InChI=1S/C29H28ClF4N3O2/c30-22-11-12-25(35-17-22)28(16-18-5-2-1-3-6-18,37-27(38)36-24-14-19-9-10-20(24)13-19)21-7-4-8-23(15-21)39-29(33,34)26(31)32/h1-8,11-12,15,17,19-20,24,26H,9-10,13-14,16H2,(H2,36,37,38)/t19-,20+,24+,28-/m0/s1. The molecule has 2 saturated carbocycles. The molecule has 2 aliphatic rings. The Kier molecular flexibility index (Phi) is 7.71. The van der Waals surface area contributed by atoms with E-state index in [1.807, 2.05) is 30.3 Å². The van der Waals surface area contributed by atoms with Gasteiger partial charge in [-0.25, -0.2) is 4.79 Å². The van der Waals surface area contributed by atoms with E-state index < -0.39 is 29.9 Å². The van der Waals surface area contributed by atoms with E-state index in [0.717, 1.165) is 30.9 Å². The number of fused-ring (bicyclic) bond motifs is 2. The average Bonchev–Trinajstić information content (AvgIpc) is 3.52. The zero-order valence-electron chi connectivity index (χ0n) is 20.9. The monoisotopic (exact) mass is 561 g/mol. The molecule has 0 spiro atoms. The fourth-order valence-electron chi connectivity index (χ4n) is 5.90. The Hall–Kier alpha value is -3.33. The molecule has 2 N–H and O–H groups in total. The Bertz CT molecular complexity index is 1300. The number of ether oxygens (including phenoxy) is 1. The van der Waals surface area contributed by atoms with Crippen molar-refractivity contribution in [2.45, 2.75) is 56.2 Å². The number of hydrogen-bond donors (Lipinski definition) is 2. The van der Waals surface area contributed by atoms with Gasteiger partial charge in [-0.2, -0.15) is 17.6 Å². The van der Waals surface area contributed by atoms with Crippen LogP contribution in [0.2, 0.25) is 5.02 Å². The Morgan fingerprint density at radius 1 is 1.05 bits per heavy atom. The fourth-order valence-corrected chi connectivity index (χ4v) is 6.01. The van der Waals surface area contributed by atoms with Gasteiger partial charge in [0.05, 0.1) is 10.7 Å². The summed E-state index contributed by atoms with van der Waals surface area (Å²) >= 11 is 6.11. The van der Waals surface area contributed by atoms with Crippen molar-refractivity contribution >= 4 is 17.6 Å². The molecule has 10 heteroatoms. The second-order valence-electron chi connectivity index (χ2n) is 10.3. The van der Waals surface area contributed by atoms with Crippen molar-refractivity contribution in [1.29, 1.82) is 0 Å². The maximum Gasteiger partial charge on any atom is 0.461 e. The number of hydrogen-bond acceptors (Lipinski definition) is 3. The predicted octanol–water partition coefficient (Wildman–Crippen LogP) is 6.95. The van der Waals surface area contributed by atoms with Crippen LogP contribution in [0.1, 0.15) is 42.5 Å². The topological polar surface area (TPSA) is 63.2 Å². The summed E-state index contributed by atoms with van der Waals surface area (Å²) in [4.78, 5) is 18.1. The van der Waals surface area contributed by atoms with Crippen molar-refractivity contribution in [3.05, 3.63) is 94.8 Å². The van der Waals surface area contributed by atoms with Crippen LogP contribution in [0.4, 0.5) is 22.4 Å². The summed E-state index contributed by atoms with van der Waals surface area (Å²) < 4.78 is 57.8. The number of aromatic nitrogens is 1. The van der Waals surface area contributed by atoms with Gasteiger partial charge < -0.3 is 15.4 Å². The largest absolute Gasteiger partial charge is 0.461 e. The quantitative estimate of drug-likeness (QED) is 0.278. The van der Waals surface area contributed by atoms with Gasteiger partial charge >= 0.3 is 18.6 Å². The lowest BCUT2D eigenvalue weighted by Gasteiger charge is -2.36. The van der Waals surface area contributed by atoms with Crippen LogP contribution in [0, 0.1) is 11.8 Å². The average molecular weight is 562 g/mol. The van der Waals surface area contributed by atoms with Crippen LogP contribution in [0.5, 0.6) is 5.75 Å².